The van der Waals surface area contributed by atoms with Crippen molar-refractivity contribution >= 4 is 0 Å². The molecule has 0 spiro atoms. The van der Waals surface area contributed by atoms with Crippen LogP contribution in [0.4, 0.5) is 8.78 Å². The van der Waals surface area contributed by atoms with Crippen molar-refractivity contribution in [2.75, 3.05) is 14.2 Å². The molecule has 0 bridgehead atoms. The molecule has 0 heterocycles. The van der Waals surface area contributed by atoms with Gasteiger partial charge in [0.05, 0.1) is 13.2 Å². The quantitative estimate of drug-likeness (QED) is 0.857. The summed E-state index contributed by atoms with van der Waals surface area (Å²) in [5.41, 5.74) is 2.29. The molecule has 90 valence electrons. The highest BCUT2D eigenvalue weighted by molar-refractivity contribution is 5.43. The van der Waals surface area contributed by atoms with E-state index in [2.05, 4.69) is 5.32 Å². The summed E-state index contributed by atoms with van der Waals surface area (Å²) >= 11 is 0. The van der Waals surface area contributed by atoms with Gasteiger partial charge in [0.2, 0.25) is 0 Å². The third kappa shape index (κ3) is 2.50. The minimum atomic E-state index is -2.42. The van der Waals surface area contributed by atoms with E-state index in [0.29, 0.717) is 5.56 Å². The van der Waals surface area contributed by atoms with E-state index in [4.69, 9.17) is 4.74 Å². The van der Waals surface area contributed by atoms with Crippen molar-refractivity contribution in [2.45, 2.75) is 26.3 Å². The molecular weight excluding hydrogens is 212 g/mol. The lowest BCUT2D eigenvalue weighted by Gasteiger charge is -2.19. The predicted molar refractivity (Wildman–Crippen MR) is 60.3 cm³/mol. The SMILES string of the molecule is CNC(c1cc(C)c(OC)cc1C)C(F)F. The van der Waals surface area contributed by atoms with Crippen LogP contribution >= 0.6 is 0 Å². The second kappa shape index (κ2) is 5.25. The Labute approximate surface area is 94.6 Å². The Kier molecular flexibility index (Phi) is 4.24. The molecule has 0 aromatic heterocycles. The molecule has 2 nitrogen and oxygen atoms in total. The average Bonchev–Trinajstić information content (AvgIpc) is 2.23. The van der Waals surface area contributed by atoms with Gasteiger partial charge in [0.1, 0.15) is 5.75 Å². The fraction of sp³-hybridized carbons (Fsp3) is 0.500. The zero-order valence-electron chi connectivity index (χ0n) is 9.97. The van der Waals surface area contributed by atoms with E-state index in [1.165, 1.54) is 7.05 Å². The zero-order valence-corrected chi connectivity index (χ0v) is 9.97. The number of ether oxygens (including phenoxy) is 1. The first-order valence-corrected chi connectivity index (χ1v) is 5.11. The topological polar surface area (TPSA) is 21.3 Å². The van der Waals surface area contributed by atoms with Gasteiger partial charge < -0.3 is 10.1 Å². The number of methoxy groups -OCH3 is 1. The van der Waals surface area contributed by atoms with Crippen LogP contribution in [0.1, 0.15) is 22.7 Å². The first-order valence-electron chi connectivity index (χ1n) is 5.11. The van der Waals surface area contributed by atoms with Gasteiger partial charge in [0.15, 0.2) is 0 Å². The molecule has 1 unspecified atom stereocenters. The van der Waals surface area contributed by atoms with Crippen LogP contribution in [0.25, 0.3) is 0 Å². The summed E-state index contributed by atoms with van der Waals surface area (Å²) in [7, 11) is 3.11. The fourth-order valence-electron chi connectivity index (χ4n) is 1.78. The number of hydrogen-bond acceptors (Lipinski definition) is 2. The van der Waals surface area contributed by atoms with Crippen molar-refractivity contribution in [3.8, 4) is 5.75 Å². The number of hydrogen-bond donors (Lipinski definition) is 1. The molecular formula is C12H17F2NO. The summed E-state index contributed by atoms with van der Waals surface area (Å²) in [6.07, 6.45) is -2.42. The largest absolute Gasteiger partial charge is 0.496 e. The van der Waals surface area contributed by atoms with E-state index >= 15 is 0 Å². The standard InChI is InChI=1S/C12H17F2NO/c1-7-6-10(16-4)8(2)5-9(7)11(15-3)12(13)14/h5-6,11-12,15H,1-4H3. The Morgan fingerprint density at radius 1 is 1.19 bits per heavy atom. The van der Waals surface area contributed by atoms with Crippen molar-refractivity contribution in [2.24, 2.45) is 0 Å². The number of rotatable bonds is 4. The highest BCUT2D eigenvalue weighted by atomic mass is 19.3. The second-order valence-corrected chi connectivity index (χ2v) is 3.78. The molecule has 0 radical (unpaired) electrons. The van der Waals surface area contributed by atoms with Crippen molar-refractivity contribution in [3.63, 3.8) is 0 Å². The van der Waals surface area contributed by atoms with Gasteiger partial charge in [-0.3, -0.25) is 0 Å². The Hall–Kier alpha value is -1.16. The highest BCUT2D eigenvalue weighted by Crippen LogP contribution is 2.29. The Morgan fingerprint density at radius 3 is 2.25 bits per heavy atom. The van der Waals surface area contributed by atoms with Gasteiger partial charge >= 0.3 is 0 Å². The molecule has 0 aliphatic carbocycles. The van der Waals surface area contributed by atoms with Crippen molar-refractivity contribution < 1.29 is 13.5 Å². The number of aryl methyl sites for hydroxylation is 2. The summed E-state index contributed by atoms with van der Waals surface area (Å²) in [4.78, 5) is 0. The van der Waals surface area contributed by atoms with Crippen LogP contribution in [0, 0.1) is 13.8 Å². The molecule has 0 aliphatic heterocycles. The van der Waals surface area contributed by atoms with Gasteiger partial charge in [-0.2, -0.15) is 0 Å². The molecule has 0 aliphatic rings. The van der Waals surface area contributed by atoms with E-state index < -0.39 is 12.5 Å². The summed E-state index contributed by atoms with van der Waals surface area (Å²) in [6.45, 7) is 3.66. The molecule has 16 heavy (non-hydrogen) atoms. The first-order chi connectivity index (χ1) is 7.51. The number of nitrogens with one attached hydrogen (secondary N) is 1. The van der Waals surface area contributed by atoms with Crippen molar-refractivity contribution in [3.05, 3.63) is 28.8 Å². The van der Waals surface area contributed by atoms with E-state index in [1.807, 2.05) is 13.8 Å². The summed E-state index contributed by atoms with van der Waals surface area (Å²) < 4.78 is 30.7. The maximum atomic E-state index is 12.8. The van der Waals surface area contributed by atoms with Crippen molar-refractivity contribution in [1.82, 2.24) is 5.32 Å². The zero-order chi connectivity index (χ0) is 12.3. The minimum absolute atomic E-state index is 0.621. The lowest BCUT2D eigenvalue weighted by atomic mass is 9.98. The summed E-state index contributed by atoms with van der Waals surface area (Å²) in [5, 5.41) is 2.63. The number of halogens is 2. The maximum absolute atomic E-state index is 12.8. The molecule has 0 saturated carbocycles. The van der Waals surface area contributed by atoms with Crippen LogP contribution in [0.15, 0.2) is 12.1 Å². The Morgan fingerprint density at radius 2 is 1.81 bits per heavy atom. The minimum Gasteiger partial charge on any atom is -0.496 e. The van der Waals surface area contributed by atoms with E-state index in [1.54, 1.807) is 19.2 Å². The summed E-state index contributed by atoms with van der Waals surface area (Å²) in [5.74, 6) is 0.727. The fourth-order valence-corrected chi connectivity index (χ4v) is 1.78. The smallest absolute Gasteiger partial charge is 0.257 e. The van der Waals surface area contributed by atoms with Crippen LogP contribution in [0.2, 0.25) is 0 Å². The molecule has 1 N–H and O–H groups in total. The highest BCUT2D eigenvalue weighted by Gasteiger charge is 2.22. The average molecular weight is 229 g/mol. The third-order valence-corrected chi connectivity index (χ3v) is 2.68. The lowest BCUT2D eigenvalue weighted by Crippen LogP contribution is -2.24. The van der Waals surface area contributed by atoms with Crippen LogP contribution in [-0.4, -0.2) is 20.6 Å². The van der Waals surface area contributed by atoms with Gasteiger partial charge in [-0.15, -0.1) is 0 Å². The molecule has 0 fully saturated rings. The maximum Gasteiger partial charge on any atom is 0.257 e. The van der Waals surface area contributed by atoms with E-state index in [-0.39, 0.29) is 0 Å². The van der Waals surface area contributed by atoms with E-state index in [9.17, 15) is 8.78 Å². The van der Waals surface area contributed by atoms with Crippen LogP contribution in [0.3, 0.4) is 0 Å². The Balaban J connectivity index is 3.18. The number of alkyl halides is 2. The van der Waals surface area contributed by atoms with Gasteiger partial charge in [-0.1, -0.05) is 6.07 Å². The lowest BCUT2D eigenvalue weighted by molar-refractivity contribution is 0.102. The molecule has 0 saturated heterocycles. The molecule has 1 atom stereocenters. The second-order valence-electron chi connectivity index (χ2n) is 3.78. The van der Waals surface area contributed by atoms with Crippen LogP contribution in [-0.2, 0) is 0 Å². The predicted octanol–water partition coefficient (Wildman–Crippen LogP) is 2.84. The normalized spacial score (nSPS) is 12.9. The van der Waals surface area contributed by atoms with Gasteiger partial charge in [0, 0.05) is 0 Å². The third-order valence-electron chi connectivity index (χ3n) is 2.68. The van der Waals surface area contributed by atoms with Crippen LogP contribution < -0.4 is 10.1 Å². The molecule has 0 amide bonds. The monoisotopic (exact) mass is 229 g/mol. The van der Waals surface area contributed by atoms with Gasteiger partial charge in [-0.05, 0) is 43.7 Å². The van der Waals surface area contributed by atoms with Crippen molar-refractivity contribution in [1.29, 1.82) is 0 Å². The molecule has 1 aromatic carbocycles. The van der Waals surface area contributed by atoms with Crippen LogP contribution in [0.5, 0.6) is 5.75 Å². The summed E-state index contributed by atoms with van der Waals surface area (Å²) in [6, 6.07) is 2.61. The first kappa shape index (κ1) is 12.9. The molecule has 4 heteroatoms. The van der Waals surface area contributed by atoms with E-state index in [0.717, 1.165) is 16.9 Å². The van der Waals surface area contributed by atoms with Gasteiger partial charge in [0.25, 0.3) is 6.43 Å². The molecule has 1 aromatic rings. The van der Waals surface area contributed by atoms with Gasteiger partial charge in [-0.25, -0.2) is 8.78 Å². The Bertz CT molecular complexity index is 366. The number of benzene rings is 1. The molecule has 1 rings (SSSR count).